The molecule has 0 saturated carbocycles. The van der Waals surface area contributed by atoms with Gasteiger partial charge in [0.05, 0.1) is 12.7 Å². The van der Waals surface area contributed by atoms with E-state index in [0.29, 0.717) is 13.1 Å². The Balaban J connectivity index is 1.25. The van der Waals surface area contributed by atoms with Crippen molar-refractivity contribution in [3.8, 4) is 0 Å². The minimum atomic E-state index is -0.680. The Bertz CT molecular complexity index is 1150. The Labute approximate surface area is 198 Å². The van der Waals surface area contributed by atoms with Crippen molar-refractivity contribution in [2.75, 3.05) is 13.2 Å². The average Bonchev–Trinajstić information content (AvgIpc) is 3.35. The normalized spacial score (nSPS) is 10.7. The molecule has 0 bridgehead atoms. The highest BCUT2D eigenvalue weighted by Crippen LogP contribution is 2.27. The Morgan fingerprint density at radius 1 is 0.853 bits per heavy atom. The van der Waals surface area contributed by atoms with Gasteiger partial charge in [0, 0.05) is 12.5 Å². The third-order valence-corrected chi connectivity index (χ3v) is 5.43. The first-order valence-electron chi connectivity index (χ1n) is 11.2. The first-order chi connectivity index (χ1) is 16.7. The van der Waals surface area contributed by atoms with Crippen LogP contribution < -0.4 is 5.32 Å². The van der Waals surface area contributed by atoms with E-state index in [1.165, 1.54) is 17.3 Å². The van der Waals surface area contributed by atoms with Crippen LogP contribution in [-0.2, 0) is 16.1 Å². The molecule has 3 aromatic carbocycles. The van der Waals surface area contributed by atoms with Gasteiger partial charge in [0.15, 0.2) is 12.3 Å². The maximum Gasteiger partial charge on any atom is 0.361 e. The number of hydrogen-bond acceptors (Lipinski definition) is 5. The second-order valence-corrected chi connectivity index (χ2v) is 7.88. The van der Waals surface area contributed by atoms with Crippen molar-refractivity contribution in [1.29, 1.82) is 0 Å². The van der Waals surface area contributed by atoms with E-state index in [0.717, 1.165) is 12.0 Å². The van der Waals surface area contributed by atoms with Gasteiger partial charge in [-0.2, -0.15) is 0 Å². The number of rotatable bonds is 10. The molecule has 1 heterocycles. The Hall–Kier alpha value is -4.26. The van der Waals surface area contributed by atoms with Gasteiger partial charge in [0.1, 0.15) is 0 Å². The molecule has 0 aliphatic heterocycles. The second-order valence-electron chi connectivity index (χ2n) is 7.88. The summed E-state index contributed by atoms with van der Waals surface area (Å²) in [6.45, 7) is 0.579. The molecular weight excluding hydrogens is 428 g/mol. The maximum absolute atomic E-state index is 12.3. The van der Waals surface area contributed by atoms with Gasteiger partial charge in [-0.3, -0.25) is 4.79 Å². The summed E-state index contributed by atoms with van der Waals surface area (Å²) in [5, 5.41) is 10.6. The molecule has 0 aliphatic rings. The van der Waals surface area contributed by atoms with Crippen LogP contribution in [0.25, 0.3) is 0 Å². The molecule has 0 radical (unpaired) electrons. The molecule has 172 valence electrons. The SMILES string of the molecule is O=C(COC(=O)c1cn(Cc2ccccc2)nn1)NCCC(c1ccccc1)c1ccccc1. The summed E-state index contributed by atoms with van der Waals surface area (Å²) in [5.41, 5.74) is 3.48. The van der Waals surface area contributed by atoms with Crippen molar-refractivity contribution in [1.82, 2.24) is 20.3 Å². The number of esters is 1. The summed E-state index contributed by atoms with van der Waals surface area (Å²) in [6.07, 6.45) is 2.24. The van der Waals surface area contributed by atoms with E-state index in [-0.39, 0.29) is 24.1 Å². The van der Waals surface area contributed by atoms with Crippen molar-refractivity contribution in [2.24, 2.45) is 0 Å². The van der Waals surface area contributed by atoms with Crippen molar-refractivity contribution < 1.29 is 14.3 Å². The summed E-state index contributed by atoms with van der Waals surface area (Å²) in [6, 6.07) is 30.1. The Kier molecular flexibility index (Phi) is 7.79. The third-order valence-electron chi connectivity index (χ3n) is 5.43. The largest absolute Gasteiger partial charge is 0.451 e. The lowest BCUT2D eigenvalue weighted by Gasteiger charge is -2.18. The minimum Gasteiger partial charge on any atom is -0.451 e. The van der Waals surface area contributed by atoms with Crippen LogP contribution in [0.15, 0.2) is 97.2 Å². The summed E-state index contributed by atoms with van der Waals surface area (Å²) < 4.78 is 6.67. The maximum atomic E-state index is 12.3. The van der Waals surface area contributed by atoms with Gasteiger partial charge in [0.2, 0.25) is 0 Å². The number of carbonyl (C=O) groups is 2. The molecule has 0 spiro atoms. The van der Waals surface area contributed by atoms with Crippen LogP contribution in [0.3, 0.4) is 0 Å². The van der Waals surface area contributed by atoms with Crippen molar-refractivity contribution in [3.63, 3.8) is 0 Å². The zero-order valence-electron chi connectivity index (χ0n) is 18.7. The number of amides is 1. The highest BCUT2D eigenvalue weighted by atomic mass is 16.5. The average molecular weight is 455 g/mol. The number of nitrogens with one attached hydrogen (secondary N) is 1. The van der Waals surface area contributed by atoms with E-state index in [9.17, 15) is 9.59 Å². The molecule has 0 saturated heterocycles. The van der Waals surface area contributed by atoms with E-state index in [1.54, 1.807) is 4.68 Å². The Morgan fingerprint density at radius 3 is 2.06 bits per heavy atom. The van der Waals surface area contributed by atoms with Crippen LogP contribution in [0.1, 0.15) is 39.5 Å². The van der Waals surface area contributed by atoms with Crippen molar-refractivity contribution >= 4 is 11.9 Å². The first-order valence-corrected chi connectivity index (χ1v) is 11.2. The summed E-state index contributed by atoms with van der Waals surface area (Å²) in [5.74, 6) is -0.879. The number of ether oxygens (including phenoxy) is 1. The van der Waals surface area contributed by atoms with E-state index < -0.39 is 5.97 Å². The van der Waals surface area contributed by atoms with Gasteiger partial charge in [-0.15, -0.1) is 5.10 Å². The van der Waals surface area contributed by atoms with Gasteiger partial charge in [0.25, 0.3) is 5.91 Å². The van der Waals surface area contributed by atoms with Gasteiger partial charge in [-0.05, 0) is 23.1 Å². The van der Waals surface area contributed by atoms with Gasteiger partial charge in [-0.25, -0.2) is 9.48 Å². The molecule has 1 amide bonds. The van der Waals surface area contributed by atoms with E-state index in [1.807, 2.05) is 66.7 Å². The van der Waals surface area contributed by atoms with Crippen LogP contribution in [0.5, 0.6) is 0 Å². The second kappa shape index (κ2) is 11.6. The molecule has 1 aromatic heterocycles. The molecule has 7 nitrogen and oxygen atoms in total. The van der Waals surface area contributed by atoms with E-state index >= 15 is 0 Å². The van der Waals surface area contributed by atoms with Gasteiger partial charge >= 0.3 is 5.97 Å². The molecule has 7 heteroatoms. The predicted octanol–water partition coefficient (Wildman–Crippen LogP) is 3.82. The van der Waals surface area contributed by atoms with Gasteiger partial charge in [-0.1, -0.05) is 96.2 Å². The summed E-state index contributed by atoms with van der Waals surface area (Å²) in [4.78, 5) is 24.5. The highest BCUT2D eigenvalue weighted by molar-refractivity contribution is 5.89. The molecule has 4 aromatic rings. The van der Waals surface area contributed by atoms with E-state index in [2.05, 4.69) is 39.9 Å². The smallest absolute Gasteiger partial charge is 0.361 e. The fourth-order valence-corrected chi connectivity index (χ4v) is 3.75. The summed E-state index contributed by atoms with van der Waals surface area (Å²) in [7, 11) is 0. The minimum absolute atomic E-state index is 0.0666. The van der Waals surface area contributed by atoms with Crippen LogP contribution in [0.4, 0.5) is 0 Å². The molecule has 0 aliphatic carbocycles. The molecule has 4 rings (SSSR count). The number of aromatic nitrogens is 3. The lowest BCUT2D eigenvalue weighted by Crippen LogP contribution is -2.30. The highest BCUT2D eigenvalue weighted by Gasteiger charge is 2.16. The van der Waals surface area contributed by atoms with Crippen LogP contribution >= 0.6 is 0 Å². The fourth-order valence-electron chi connectivity index (χ4n) is 3.75. The van der Waals surface area contributed by atoms with Crippen LogP contribution in [-0.4, -0.2) is 40.0 Å². The first kappa shape index (κ1) is 22.9. The zero-order valence-corrected chi connectivity index (χ0v) is 18.7. The predicted molar refractivity (Wildman–Crippen MR) is 128 cm³/mol. The van der Waals surface area contributed by atoms with E-state index in [4.69, 9.17) is 4.74 Å². The fraction of sp³-hybridized carbons (Fsp3) is 0.185. The molecular formula is C27H26N4O3. The zero-order chi connectivity index (χ0) is 23.6. The molecule has 1 N–H and O–H groups in total. The number of benzene rings is 3. The van der Waals surface area contributed by atoms with Crippen molar-refractivity contribution in [2.45, 2.75) is 18.9 Å². The number of carbonyl (C=O) groups excluding carboxylic acids is 2. The Morgan fingerprint density at radius 2 is 1.44 bits per heavy atom. The number of hydrogen-bond donors (Lipinski definition) is 1. The van der Waals surface area contributed by atoms with Crippen molar-refractivity contribution in [3.05, 3.63) is 120 Å². The molecule has 0 fully saturated rings. The lowest BCUT2D eigenvalue weighted by atomic mass is 9.88. The quantitative estimate of drug-likeness (QED) is 0.368. The number of nitrogens with zero attached hydrogens (tertiary/aromatic N) is 3. The topological polar surface area (TPSA) is 86.1 Å². The lowest BCUT2D eigenvalue weighted by molar-refractivity contribution is -0.124. The monoisotopic (exact) mass is 454 g/mol. The molecule has 0 unspecified atom stereocenters. The van der Waals surface area contributed by atoms with Crippen LogP contribution in [0.2, 0.25) is 0 Å². The molecule has 0 atom stereocenters. The van der Waals surface area contributed by atoms with Crippen LogP contribution in [0, 0.1) is 0 Å². The third kappa shape index (κ3) is 6.38. The van der Waals surface area contributed by atoms with Gasteiger partial charge < -0.3 is 10.1 Å². The standard InChI is InChI=1S/C27H26N4O3/c32-26(20-34-27(33)25-19-31(30-29-25)18-21-10-4-1-5-11-21)28-17-16-24(22-12-6-2-7-13-22)23-14-8-3-9-15-23/h1-15,19,24H,16-18,20H2,(H,28,32). The summed E-state index contributed by atoms with van der Waals surface area (Å²) >= 11 is 0. The molecule has 34 heavy (non-hydrogen) atoms.